The lowest BCUT2D eigenvalue weighted by Crippen LogP contribution is -2.24. The van der Waals surface area contributed by atoms with Crippen LogP contribution in [0.3, 0.4) is 0 Å². The van der Waals surface area contributed by atoms with Crippen LogP contribution in [0.5, 0.6) is 0 Å². The van der Waals surface area contributed by atoms with Gasteiger partial charge in [0.25, 0.3) is 0 Å². The standard InChI is InChI=1S/C18H25N5/c19-12-3-4-13(11-12)21-17-14-5-9-18(7-1-2-8-18)16(14)22-15-6-10-20-23(15)17/h6,10,12-13,21H,1-5,7-9,11,19H2/t12-,13-/m1/s1. The van der Waals surface area contributed by atoms with Crippen LogP contribution < -0.4 is 11.1 Å². The number of anilines is 1. The molecule has 3 aliphatic rings. The number of rotatable bonds is 2. The summed E-state index contributed by atoms with van der Waals surface area (Å²) >= 11 is 0. The molecule has 1 spiro atoms. The Morgan fingerprint density at radius 1 is 1.22 bits per heavy atom. The Morgan fingerprint density at radius 2 is 2.09 bits per heavy atom. The second-order valence-electron chi connectivity index (χ2n) is 7.79. The molecular weight excluding hydrogens is 286 g/mol. The number of hydrogen-bond acceptors (Lipinski definition) is 4. The van der Waals surface area contributed by atoms with Crippen LogP contribution in [0.4, 0.5) is 5.82 Å². The molecule has 2 fully saturated rings. The predicted octanol–water partition coefficient (Wildman–Crippen LogP) is 2.78. The first-order valence-corrected chi connectivity index (χ1v) is 9.14. The van der Waals surface area contributed by atoms with Crippen molar-refractivity contribution in [1.29, 1.82) is 0 Å². The molecule has 0 aliphatic heterocycles. The maximum atomic E-state index is 6.10. The molecule has 2 aromatic heterocycles. The second-order valence-corrected chi connectivity index (χ2v) is 7.79. The van der Waals surface area contributed by atoms with Crippen molar-refractivity contribution in [2.24, 2.45) is 5.73 Å². The average molecular weight is 311 g/mol. The molecule has 0 unspecified atom stereocenters. The van der Waals surface area contributed by atoms with Crippen molar-refractivity contribution in [2.75, 3.05) is 5.32 Å². The quantitative estimate of drug-likeness (QED) is 0.895. The number of nitrogens with two attached hydrogens (primary N) is 1. The van der Waals surface area contributed by atoms with E-state index in [4.69, 9.17) is 10.7 Å². The van der Waals surface area contributed by atoms with Crippen molar-refractivity contribution < 1.29 is 0 Å². The van der Waals surface area contributed by atoms with E-state index >= 15 is 0 Å². The first-order chi connectivity index (χ1) is 11.3. The van der Waals surface area contributed by atoms with Crippen LogP contribution in [-0.4, -0.2) is 26.7 Å². The third-order valence-corrected chi connectivity index (χ3v) is 6.36. The van der Waals surface area contributed by atoms with Crippen LogP contribution in [0, 0.1) is 0 Å². The van der Waals surface area contributed by atoms with Gasteiger partial charge in [-0.1, -0.05) is 12.8 Å². The van der Waals surface area contributed by atoms with Crippen LogP contribution in [-0.2, 0) is 11.8 Å². The zero-order valence-corrected chi connectivity index (χ0v) is 13.6. The lowest BCUT2D eigenvalue weighted by atomic mass is 9.83. The van der Waals surface area contributed by atoms with Crippen molar-refractivity contribution >= 4 is 11.5 Å². The van der Waals surface area contributed by atoms with Gasteiger partial charge in [0, 0.05) is 29.1 Å². The lowest BCUT2D eigenvalue weighted by molar-refractivity contribution is 0.429. The Labute approximate surface area is 136 Å². The number of nitrogens with zero attached hydrogens (tertiary/aromatic N) is 3. The van der Waals surface area contributed by atoms with E-state index in [0.29, 0.717) is 17.5 Å². The van der Waals surface area contributed by atoms with Gasteiger partial charge in [0.05, 0.1) is 11.9 Å². The van der Waals surface area contributed by atoms with Gasteiger partial charge >= 0.3 is 0 Å². The third kappa shape index (κ3) is 2.02. The number of nitrogens with one attached hydrogen (secondary N) is 1. The van der Waals surface area contributed by atoms with Crippen molar-refractivity contribution in [3.8, 4) is 0 Å². The van der Waals surface area contributed by atoms with Gasteiger partial charge in [-0.15, -0.1) is 0 Å². The summed E-state index contributed by atoms with van der Waals surface area (Å²) in [5.41, 5.74) is 10.2. The van der Waals surface area contributed by atoms with Crippen LogP contribution >= 0.6 is 0 Å². The lowest BCUT2D eigenvalue weighted by Gasteiger charge is -2.24. The summed E-state index contributed by atoms with van der Waals surface area (Å²) in [4.78, 5) is 5.04. The fourth-order valence-electron chi connectivity index (χ4n) is 5.16. The highest BCUT2D eigenvalue weighted by Crippen LogP contribution is 2.51. The Kier molecular flexibility index (Phi) is 2.96. The summed E-state index contributed by atoms with van der Waals surface area (Å²) in [7, 11) is 0. The minimum atomic E-state index is 0.344. The molecule has 2 aromatic rings. The first kappa shape index (κ1) is 13.8. The smallest absolute Gasteiger partial charge is 0.157 e. The van der Waals surface area contributed by atoms with E-state index in [-0.39, 0.29) is 0 Å². The maximum absolute atomic E-state index is 6.10. The van der Waals surface area contributed by atoms with Gasteiger partial charge in [-0.2, -0.15) is 9.61 Å². The van der Waals surface area contributed by atoms with Gasteiger partial charge in [-0.05, 0) is 44.9 Å². The molecule has 0 aromatic carbocycles. The molecule has 23 heavy (non-hydrogen) atoms. The molecule has 5 heteroatoms. The molecule has 0 saturated heterocycles. The molecule has 2 saturated carbocycles. The summed E-state index contributed by atoms with van der Waals surface area (Å²) in [5.74, 6) is 1.19. The number of fused-ring (bicyclic) bond motifs is 3. The van der Waals surface area contributed by atoms with Crippen LogP contribution in [0.2, 0.25) is 0 Å². The second kappa shape index (κ2) is 4.94. The van der Waals surface area contributed by atoms with Crippen molar-refractivity contribution in [2.45, 2.75) is 75.3 Å². The summed E-state index contributed by atoms with van der Waals surface area (Å²) < 4.78 is 2.01. The molecule has 2 atom stereocenters. The van der Waals surface area contributed by atoms with E-state index < -0.39 is 0 Å². The highest BCUT2D eigenvalue weighted by Gasteiger charge is 2.44. The number of aromatic nitrogens is 3. The molecule has 5 rings (SSSR count). The van der Waals surface area contributed by atoms with E-state index in [1.807, 2.05) is 16.8 Å². The summed E-state index contributed by atoms with van der Waals surface area (Å²) in [5, 5.41) is 8.32. The van der Waals surface area contributed by atoms with E-state index in [1.165, 1.54) is 49.2 Å². The van der Waals surface area contributed by atoms with Crippen molar-refractivity contribution in [3.63, 3.8) is 0 Å². The Hall–Kier alpha value is -1.62. The molecule has 122 valence electrons. The third-order valence-electron chi connectivity index (χ3n) is 6.36. The molecule has 5 nitrogen and oxygen atoms in total. The van der Waals surface area contributed by atoms with Crippen molar-refractivity contribution in [3.05, 3.63) is 23.5 Å². The largest absolute Gasteiger partial charge is 0.367 e. The van der Waals surface area contributed by atoms with Crippen molar-refractivity contribution in [1.82, 2.24) is 14.6 Å². The minimum absolute atomic E-state index is 0.344. The molecular formula is C18H25N5. The van der Waals surface area contributed by atoms with E-state index in [2.05, 4.69) is 10.4 Å². The van der Waals surface area contributed by atoms with E-state index in [1.54, 1.807) is 0 Å². The highest BCUT2D eigenvalue weighted by molar-refractivity contribution is 5.59. The fraction of sp³-hybridized carbons (Fsp3) is 0.667. The number of hydrogen-bond donors (Lipinski definition) is 2. The van der Waals surface area contributed by atoms with Gasteiger partial charge in [0.2, 0.25) is 0 Å². The minimum Gasteiger partial charge on any atom is -0.367 e. The average Bonchev–Trinajstić information content (AvgIpc) is 3.30. The van der Waals surface area contributed by atoms with Gasteiger partial charge in [-0.3, -0.25) is 0 Å². The normalized spacial score (nSPS) is 28.7. The molecule has 0 radical (unpaired) electrons. The van der Waals surface area contributed by atoms with Crippen LogP contribution in [0.25, 0.3) is 5.65 Å². The monoisotopic (exact) mass is 311 g/mol. The summed E-state index contributed by atoms with van der Waals surface area (Å²) in [6.07, 6.45) is 12.9. The van der Waals surface area contributed by atoms with Gasteiger partial charge in [0.15, 0.2) is 5.65 Å². The molecule has 3 aliphatic carbocycles. The first-order valence-electron chi connectivity index (χ1n) is 9.14. The zero-order valence-electron chi connectivity index (χ0n) is 13.6. The summed E-state index contributed by atoms with van der Waals surface area (Å²) in [6, 6.07) is 2.85. The van der Waals surface area contributed by atoms with Gasteiger partial charge < -0.3 is 11.1 Å². The maximum Gasteiger partial charge on any atom is 0.157 e. The Balaban J connectivity index is 1.62. The Morgan fingerprint density at radius 3 is 2.87 bits per heavy atom. The topological polar surface area (TPSA) is 68.2 Å². The zero-order chi connectivity index (χ0) is 15.4. The van der Waals surface area contributed by atoms with Gasteiger partial charge in [-0.25, -0.2) is 4.98 Å². The predicted molar refractivity (Wildman–Crippen MR) is 90.7 cm³/mol. The van der Waals surface area contributed by atoms with Crippen LogP contribution in [0.1, 0.15) is 62.6 Å². The van der Waals surface area contributed by atoms with E-state index in [9.17, 15) is 0 Å². The Bertz CT molecular complexity index is 743. The highest BCUT2D eigenvalue weighted by atomic mass is 15.3. The van der Waals surface area contributed by atoms with Gasteiger partial charge in [0.1, 0.15) is 5.82 Å². The van der Waals surface area contributed by atoms with Crippen LogP contribution in [0.15, 0.2) is 12.3 Å². The van der Waals surface area contributed by atoms with E-state index in [0.717, 1.165) is 31.3 Å². The SMILES string of the molecule is N[C@@H]1CC[C@@H](Nc2c3c(nc4ccnn24)C2(CCCC2)CC3)C1. The summed E-state index contributed by atoms with van der Waals surface area (Å²) in [6.45, 7) is 0. The molecule has 0 amide bonds. The molecule has 0 bridgehead atoms. The fourth-order valence-corrected chi connectivity index (χ4v) is 5.16. The molecule has 2 heterocycles. The molecule has 3 N–H and O–H groups in total.